The van der Waals surface area contributed by atoms with E-state index in [9.17, 15) is 0 Å². The summed E-state index contributed by atoms with van der Waals surface area (Å²) in [4.78, 5) is 0. The lowest BCUT2D eigenvalue weighted by Crippen LogP contribution is -2.26. The highest BCUT2D eigenvalue weighted by Crippen LogP contribution is 2.34. The molecule has 0 atom stereocenters. The summed E-state index contributed by atoms with van der Waals surface area (Å²) in [6, 6.07) is 5.95. The van der Waals surface area contributed by atoms with Crippen molar-refractivity contribution in [2.45, 2.75) is 13.8 Å². The highest BCUT2D eigenvalue weighted by Gasteiger charge is 2.24. The zero-order chi connectivity index (χ0) is 12.3. The number of hydrogen-bond acceptors (Lipinski definition) is 3. The van der Waals surface area contributed by atoms with Crippen LogP contribution in [0.4, 0.5) is 0 Å². The van der Waals surface area contributed by atoms with Gasteiger partial charge in [-0.25, -0.2) is 0 Å². The van der Waals surface area contributed by atoms with E-state index in [4.69, 9.17) is 15.2 Å². The maximum atomic E-state index is 5.79. The van der Waals surface area contributed by atoms with Gasteiger partial charge in [-0.15, -0.1) is 0 Å². The molecule has 0 saturated heterocycles. The zero-order valence-corrected chi connectivity index (χ0v) is 10.4. The summed E-state index contributed by atoms with van der Waals surface area (Å²) >= 11 is 0. The van der Waals surface area contributed by atoms with E-state index in [1.165, 1.54) is 0 Å². The second kappa shape index (κ2) is 4.80. The second-order valence-corrected chi connectivity index (χ2v) is 5.09. The Morgan fingerprint density at radius 1 is 1.24 bits per heavy atom. The fourth-order valence-corrected chi connectivity index (χ4v) is 1.65. The van der Waals surface area contributed by atoms with Crippen LogP contribution < -0.4 is 15.2 Å². The molecule has 2 rings (SSSR count). The van der Waals surface area contributed by atoms with E-state index >= 15 is 0 Å². The van der Waals surface area contributed by atoms with Crippen molar-refractivity contribution in [3.63, 3.8) is 0 Å². The smallest absolute Gasteiger partial charge is 0.161 e. The summed E-state index contributed by atoms with van der Waals surface area (Å²) in [5.74, 6) is 1.63. The molecule has 0 amide bonds. The second-order valence-electron chi connectivity index (χ2n) is 5.09. The van der Waals surface area contributed by atoms with Gasteiger partial charge in [0.05, 0.1) is 13.2 Å². The van der Waals surface area contributed by atoms with Crippen molar-refractivity contribution in [2.75, 3.05) is 19.8 Å². The van der Waals surface area contributed by atoms with Crippen LogP contribution in [0.25, 0.3) is 6.08 Å². The maximum Gasteiger partial charge on any atom is 0.161 e. The van der Waals surface area contributed by atoms with Gasteiger partial charge >= 0.3 is 0 Å². The Balaban J connectivity index is 2.22. The molecule has 0 fully saturated rings. The van der Waals surface area contributed by atoms with E-state index in [1.54, 1.807) is 0 Å². The van der Waals surface area contributed by atoms with Gasteiger partial charge in [0.1, 0.15) is 0 Å². The van der Waals surface area contributed by atoms with Crippen molar-refractivity contribution in [1.82, 2.24) is 0 Å². The summed E-state index contributed by atoms with van der Waals surface area (Å²) < 4.78 is 11.5. The van der Waals surface area contributed by atoms with Crippen LogP contribution in [-0.2, 0) is 0 Å². The molecule has 2 N–H and O–H groups in total. The van der Waals surface area contributed by atoms with Gasteiger partial charge in [-0.05, 0) is 17.7 Å². The van der Waals surface area contributed by atoms with Crippen molar-refractivity contribution < 1.29 is 9.47 Å². The van der Waals surface area contributed by atoms with Crippen molar-refractivity contribution in [2.24, 2.45) is 11.1 Å². The lowest BCUT2D eigenvalue weighted by Gasteiger charge is -2.19. The van der Waals surface area contributed by atoms with Crippen molar-refractivity contribution in [3.8, 4) is 11.5 Å². The van der Waals surface area contributed by atoms with Crippen molar-refractivity contribution in [3.05, 3.63) is 29.8 Å². The Bertz CT molecular complexity index is 424. The van der Waals surface area contributed by atoms with Crippen LogP contribution in [0.1, 0.15) is 19.4 Å². The lowest BCUT2D eigenvalue weighted by molar-refractivity contribution is 0.140. The topological polar surface area (TPSA) is 44.5 Å². The highest BCUT2D eigenvalue weighted by molar-refractivity contribution is 5.56. The average molecular weight is 233 g/mol. The van der Waals surface area contributed by atoms with Gasteiger partial charge in [0.15, 0.2) is 11.5 Å². The van der Waals surface area contributed by atoms with Crippen LogP contribution in [-0.4, -0.2) is 19.8 Å². The van der Waals surface area contributed by atoms with Gasteiger partial charge in [0.25, 0.3) is 0 Å². The Kier molecular flexibility index (Phi) is 3.38. The molecule has 3 heteroatoms. The Labute approximate surface area is 102 Å². The molecule has 1 aromatic rings. The van der Waals surface area contributed by atoms with Crippen LogP contribution in [0.5, 0.6) is 11.5 Å². The number of benzene rings is 1. The third-order valence-corrected chi connectivity index (χ3v) is 2.65. The van der Waals surface area contributed by atoms with Gasteiger partial charge in [-0.2, -0.15) is 0 Å². The number of fused-ring (bicyclic) bond motifs is 1. The fourth-order valence-electron chi connectivity index (χ4n) is 1.65. The minimum Gasteiger partial charge on any atom is -0.489 e. The Morgan fingerprint density at radius 3 is 2.65 bits per heavy atom. The molecule has 1 heterocycles. The molecule has 0 aromatic heterocycles. The first-order valence-corrected chi connectivity index (χ1v) is 5.87. The predicted molar refractivity (Wildman–Crippen MR) is 69.3 cm³/mol. The molecular weight excluding hydrogens is 214 g/mol. The third kappa shape index (κ3) is 3.01. The normalized spacial score (nSPS) is 18.1. The molecular formula is C14H19NO2. The monoisotopic (exact) mass is 233 g/mol. The van der Waals surface area contributed by atoms with Gasteiger partial charge in [-0.3, -0.25) is 0 Å². The van der Waals surface area contributed by atoms with Crippen LogP contribution in [0.3, 0.4) is 0 Å². The van der Waals surface area contributed by atoms with E-state index < -0.39 is 0 Å². The van der Waals surface area contributed by atoms with Gasteiger partial charge in [-0.1, -0.05) is 32.1 Å². The first kappa shape index (κ1) is 12.0. The average Bonchev–Trinajstić information content (AvgIpc) is 2.46. The quantitative estimate of drug-likeness (QED) is 0.853. The van der Waals surface area contributed by atoms with Crippen LogP contribution in [0.15, 0.2) is 24.3 Å². The summed E-state index contributed by atoms with van der Waals surface area (Å²) in [7, 11) is 0. The molecule has 0 radical (unpaired) electrons. The van der Waals surface area contributed by atoms with Crippen LogP contribution in [0.2, 0.25) is 0 Å². The van der Waals surface area contributed by atoms with E-state index in [1.807, 2.05) is 30.4 Å². The van der Waals surface area contributed by atoms with Gasteiger partial charge < -0.3 is 15.2 Å². The Hall–Kier alpha value is -1.48. The van der Waals surface area contributed by atoms with Crippen molar-refractivity contribution >= 4 is 6.08 Å². The highest BCUT2D eigenvalue weighted by atomic mass is 16.5. The number of rotatable bonds is 2. The summed E-state index contributed by atoms with van der Waals surface area (Å²) in [6.45, 7) is 6.16. The number of hydrogen-bond donors (Lipinski definition) is 1. The molecule has 1 aromatic carbocycles. The molecule has 17 heavy (non-hydrogen) atoms. The molecule has 0 aliphatic carbocycles. The van der Waals surface area contributed by atoms with E-state index in [0.29, 0.717) is 19.8 Å². The lowest BCUT2D eigenvalue weighted by atomic mass is 9.97. The predicted octanol–water partition coefficient (Wildman–Crippen LogP) is 2.46. The summed E-state index contributed by atoms with van der Waals surface area (Å²) in [5.41, 5.74) is 6.56. The molecule has 92 valence electrons. The first-order chi connectivity index (χ1) is 8.11. The van der Waals surface area contributed by atoms with Gasteiger partial charge in [0.2, 0.25) is 0 Å². The third-order valence-electron chi connectivity index (χ3n) is 2.65. The molecule has 3 nitrogen and oxygen atoms in total. The van der Waals surface area contributed by atoms with Crippen molar-refractivity contribution in [1.29, 1.82) is 0 Å². The summed E-state index contributed by atoms with van der Waals surface area (Å²) in [5, 5.41) is 0. The molecule has 1 aliphatic heterocycles. The minimum atomic E-state index is 0.0479. The standard InChI is InChI=1S/C14H19NO2/c1-14(2)9-16-12-6-5-11(4-3-7-15)8-13(12)17-10-14/h3-6,8H,7,9-10,15H2,1-2H3/b4-3+. The largest absolute Gasteiger partial charge is 0.489 e. The maximum absolute atomic E-state index is 5.79. The van der Waals surface area contributed by atoms with Gasteiger partial charge in [0, 0.05) is 12.0 Å². The van der Waals surface area contributed by atoms with Crippen LogP contribution in [0, 0.1) is 5.41 Å². The summed E-state index contributed by atoms with van der Waals surface area (Å²) in [6.07, 6.45) is 3.91. The number of ether oxygens (including phenoxy) is 2. The fraction of sp³-hybridized carbons (Fsp3) is 0.429. The molecule has 0 spiro atoms. The first-order valence-electron chi connectivity index (χ1n) is 5.87. The molecule has 0 saturated carbocycles. The molecule has 0 unspecified atom stereocenters. The Morgan fingerprint density at radius 2 is 1.94 bits per heavy atom. The molecule has 0 bridgehead atoms. The SMILES string of the molecule is CC1(C)COc2ccc(/C=C/CN)cc2OC1. The minimum absolute atomic E-state index is 0.0479. The van der Waals surface area contributed by atoms with Crippen LogP contribution >= 0.6 is 0 Å². The molecule has 1 aliphatic rings. The number of nitrogens with two attached hydrogens (primary N) is 1. The van der Waals surface area contributed by atoms with E-state index in [0.717, 1.165) is 17.1 Å². The van der Waals surface area contributed by atoms with E-state index in [-0.39, 0.29) is 5.41 Å². The van der Waals surface area contributed by atoms with E-state index in [2.05, 4.69) is 13.8 Å². The zero-order valence-electron chi connectivity index (χ0n) is 10.4.